The van der Waals surface area contributed by atoms with Crippen molar-refractivity contribution in [2.75, 3.05) is 5.32 Å². The van der Waals surface area contributed by atoms with Gasteiger partial charge in [0.2, 0.25) is 5.28 Å². The van der Waals surface area contributed by atoms with Crippen molar-refractivity contribution in [3.63, 3.8) is 0 Å². The van der Waals surface area contributed by atoms with Crippen LogP contribution in [0.15, 0.2) is 18.3 Å². The molecule has 0 amide bonds. The van der Waals surface area contributed by atoms with E-state index in [2.05, 4.69) is 25.5 Å². The summed E-state index contributed by atoms with van der Waals surface area (Å²) >= 11 is 13.2. The molecule has 0 aliphatic rings. The number of H-pyrrole nitrogens is 1. The Balaban J connectivity index is 1.87. The first-order chi connectivity index (χ1) is 8.72. The van der Waals surface area contributed by atoms with Gasteiger partial charge in [-0.1, -0.05) is 11.6 Å². The second-order valence-corrected chi connectivity index (χ2v) is 5.67. The van der Waals surface area contributed by atoms with Gasteiger partial charge < -0.3 is 5.32 Å². The van der Waals surface area contributed by atoms with Crippen LogP contribution in [0.4, 0.5) is 5.82 Å². The predicted molar refractivity (Wildman–Crippen MR) is 73.3 cm³/mol. The van der Waals surface area contributed by atoms with Crippen LogP contribution in [0.2, 0.25) is 9.62 Å². The molecule has 0 atom stereocenters. The Kier molecular flexibility index (Phi) is 3.07. The Hall–Kier alpha value is -1.37. The number of rotatable bonds is 3. The van der Waals surface area contributed by atoms with Gasteiger partial charge in [-0.15, -0.1) is 11.3 Å². The normalized spacial score (nSPS) is 11.0. The highest BCUT2D eigenvalue weighted by molar-refractivity contribution is 7.16. The second kappa shape index (κ2) is 4.72. The molecule has 18 heavy (non-hydrogen) atoms. The molecule has 92 valence electrons. The number of nitrogens with zero attached hydrogens (tertiary/aromatic N) is 3. The third-order valence-corrected chi connectivity index (χ3v) is 3.74. The van der Waals surface area contributed by atoms with Crippen LogP contribution in [0, 0.1) is 0 Å². The molecular weight excluding hydrogens is 293 g/mol. The minimum absolute atomic E-state index is 0.179. The molecule has 0 aromatic carbocycles. The SMILES string of the molecule is Clc1nc(NCc2ccc(Cl)s2)c2cn[nH]c2n1. The Labute approximate surface area is 116 Å². The van der Waals surface area contributed by atoms with Gasteiger partial charge in [0.25, 0.3) is 0 Å². The van der Waals surface area contributed by atoms with Crippen molar-refractivity contribution in [3.05, 3.63) is 32.8 Å². The van der Waals surface area contributed by atoms with E-state index in [9.17, 15) is 0 Å². The van der Waals surface area contributed by atoms with Crippen molar-refractivity contribution in [3.8, 4) is 0 Å². The van der Waals surface area contributed by atoms with E-state index in [0.717, 1.165) is 14.6 Å². The Bertz CT molecular complexity index is 692. The number of fused-ring (bicyclic) bond motifs is 1. The van der Waals surface area contributed by atoms with Crippen molar-refractivity contribution >= 4 is 51.4 Å². The summed E-state index contributed by atoms with van der Waals surface area (Å²) in [5.74, 6) is 0.656. The van der Waals surface area contributed by atoms with Crippen LogP contribution in [-0.4, -0.2) is 20.2 Å². The van der Waals surface area contributed by atoms with Crippen LogP contribution >= 0.6 is 34.5 Å². The lowest BCUT2D eigenvalue weighted by atomic mass is 10.4. The standard InChI is InChI=1S/C10H7Cl2N5S/c11-7-2-1-5(18-7)3-13-8-6-4-14-17-9(6)16-10(12)15-8/h1-2,4H,3H2,(H2,13,14,15,16,17). The Morgan fingerprint density at radius 1 is 1.28 bits per heavy atom. The lowest BCUT2D eigenvalue weighted by Gasteiger charge is -2.04. The van der Waals surface area contributed by atoms with E-state index < -0.39 is 0 Å². The fourth-order valence-corrected chi connectivity index (χ4v) is 2.76. The number of thiophene rings is 1. The minimum Gasteiger partial charge on any atom is -0.364 e. The summed E-state index contributed by atoms with van der Waals surface area (Å²) in [7, 11) is 0. The third kappa shape index (κ3) is 2.27. The van der Waals surface area contributed by atoms with Crippen molar-refractivity contribution in [2.24, 2.45) is 0 Å². The summed E-state index contributed by atoms with van der Waals surface area (Å²) in [5, 5.41) is 10.9. The first-order valence-corrected chi connectivity index (χ1v) is 6.64. The van der Waals surface area contributed by atoms with E-state index in [1.54, 1.807) is 6.20 Å². The highest BCUT2D eigenvalue weighted by Crippen LogP contribution is 2.24. The second-order valence-electron chi connectivity index (χ2n) is 3.53. The number of anilines is 1. The van der Waals surface area contributed by atoms with Gasteiger partial charge in [-0.05, 0) is 23.7 Å². The zero-order valence-corrected chi connectivity index (χ0v) is 11.3. The summed E-state index contributed by atoms with van der Waals surface area (Å²) in [6.45, 7) is 0.630. The van der Waals surface area contributed by atoms with Crippen molar-refractivity contribution < 1.29 is 0 Å². The maximum atomic E-state index is 5.87. The fraction of sp³-hybridized carbons (Fsp3) is 0.100. The van der Waals surface area contributed by atoms with Gasteiger partial charge in [0.05, 0.1) is 22.5 Å². The molecule has 0 aliphatic heterocycles. The first-order valence-electron chi connectivity index (χ1n) is 5.07. The molecular formula is C10H7Cl2N5S. The Morgan fingerprint density at radius 2 is 2.17 bits per heavy atom. The molecule has 3 aromatic heterocycles. The van der Waals surface area contributed by atoms with Gasteiger partial charge in [0, 0.05) is 4.88 Å². The van der Waals surface area contributed by atoms with Crippen molar-refractivity contribution in [1.29, 1.82) is 0 Å². The van der Waals surface area contributed by atoms with E-state index in [1.165, 1.54) is 11.3 Å². The summed E-state index contributed by atoms with van der Waals surface area (Å²) in [5.41, 5.74) is 0.613. The lowest BCUT2D eigenvalue weighted by molar-refractivity contribution is 1.08. The first kappa shape index (κ1) is 11.7. The third-order valence-electron chi connectivity index (χ3n) is 2.34. The van der Waals surface area contributed by atoms with Crippen LogP contribution in [-0.2, 0) is 6.54 Å². The van der Waals surface area contributed by atoms with Crippen LogP contribution in [0.1, 0.15) is 4.88 Å². The van der Waals surface area contributed by atoms with Gasteiger partial charge in [0.1, 0.15) is 5.82 Å². The van der Waals surface area contributed by atoms with Crippen molar-refractivity contribution in [2.45, 2.75) is 6.54 Å². The molecule has 0 aliphatic carbocycles. The fourth-order valence-electron chi connectivity index (χ4n) is 1.56. The molecule has 0 unspecified atom stereocenters. The zero-order valence-electron chi connectivity index (χ0n) is 8.94. The maximum Gasteiger partial charge on any atom is 0.226 e. The average molecular weight is 300 g/mol. The number of aromatic nitrogens is 4. The molecule has 0 radical (unpaired) electrons. The zero-order chi connectivity index (χ0) is 12.5. The van der Waals surface area contributed by atoms with Gasteiger partial charge in [0.15, 0.2) is 5.65 Å². The molecule has 0 fully saturated rings. The van der Waals surface area contributed by atoms with E-state index in [4.69, 9.17) is 23.2 Å². The summed E-state index contributed by atoms with van der Waals surface area (Å²) in [6, 6.07) is 3.83. The summed E-state index contributed by atoms with van der Waals surface area (Å²) in [6.07, 6.45) is 1.66. The average Bonchev–Trinajstić information content (AvgIpc) is 2.94. The maximum absolute atomic E-state index is 5.87. The van der Waals surface area contributed by atoms with E-state index in [-0.39, 0.29) is 5.28 Å². The minimum atomic E-state index is 0.179. The monoisotopic (exact) mass is 299 g/mol. The molecule has 3 heterocycles. The molecule has 0 bridgehead atoms. The van der Waals surface area contributed by atoms with Crippen LogP contribution in [0.3, 0.4) is 0 Å². The van der Waals surface area contributed by atoms with E-state index >= 15 is 0 Å². The van der Waals surface area contributed by atoms with Gasteiger partial charge in [-0.3, -0.25) is 5.10 Å². The van der Waals surface area contributed by atoms with Gasteiger partial charge in [-0.2, -0.15) is 15.1 Å². The molecule has 2 N–H and O–H groups in total. The number of hydrogen-bond acceptors (Lipinski definition) is 5. The van der Waals surface area contributed by atoms with Gasteiger partial charge >= 0.3 is 0 Å². The molecule has 0 saturated carbocycles. The number of halogens is 2. The molecule has 8 heteroatoms. The molecule has 5 nitrogen and oxygen atoms in total. The Morgan fingerprint density at radius 3 is 2.94 bits per heavy atom. The predicted octanol–water partition coefficient (Wildman–Crippen LogP) is 3.33. The van der Waals surface area contributed by atoms with E-state index in [0.29, 0.717) is 18.0 Å². The highest BCUT2D eigenvalue weighted by atomic mass is 35.5. The van der Waals surface area contributed by atoms with Crippen LogP contribution in [0.5, 0.6) is 0 Å². The number of aromatic amines is 1. The number of hydrogen-bond donors (Lipinski definition) is 2. The quantitative estimate of drug-likeness (QED) is 0.728. The van der Waals surface area contributed by atoms with Crippen LogP contribution in [0.25, 0.3) is 11.0 Å². The lowest BCUT2D eigenvalue weighted by Crippen LogP contribution is -2.01. The molecule has 0 saturated heterocycles. The summed E-state index contributed by atoms with van der Waals surface area (Å²) < 4.78 is 0.765. The smallest absolute Gasteiger partial charge is 0.226 e. The number of nitrogens with one attached hydrogen (secondary N) is 2. The highest BCUT2D eigenvalue weighted by Gasteiger charge is 2.08. The molecule has 3 aromatic rings. The molecule has 0 spiro atoms. The van der Waals surface area contributed by atoms with Crippen molar-refractivity contribution in [1.82, 2.24) is 20.2 Å². The van der Waals surface area contributed by atoms with E-state index in [1.807, 2.05) is 12.1 Å². The largest absolute Gasteiger partial charge is 0.364 e. The van der Waals surface area contributed by atoms with Gasteiger partial charge in [-0.25, -0.2) is 0 Å². The topological polar surface area (TPSA) is 66.5 Å². The molecule has 3 rings (SSSR count). The van der Waals surface area contributed by atoms with Crippen LogP contribution < -0.4 is 5.32 Å². The summed E-state index contributed by atoms with van der Waals surface area (Å²) in [4.78, 5) is 9.30.